The second-order valence-corrected chi connectivity index (χ2v) is 7.50. The Morgan fingerprint density at radius 2 is 1.47 bits per heavy atom. The summed E-state index contributed by atoms with van der Waals surface area (Å²) in [6, 6.07) is 10.7. The SMILES string of the molecule is [C-]#[N+]C1=C(C)C(=Nc2ccc(N(CC(=O)O)CC(=O)O)cc2)C(=O)N(c2ccc(C(=O)O)cc2)C1=O. The largest absolute Gasteiger partial charge is 0.480 e. The molecule has 0 radical (unpaired) electrons. The number of carbonyl (C=O) groups is 5. The molecule has 3 N–H and O–H groups in total. The number of hydrogen-bond donors (Lipinski definition) is 3. The van der Waals surface area contributed by atoms with Crippen LogP contribution in [0.15, 0.2) is 64.8 Å². The van der Waals surface area contributed by atoms with Gasteiger partial charge in [0.25, 0.3) is 17.5 Å². The molecule has 0 spiro atoms. The highest BCUT2D eigenvalue weighted by molar-refractivity contribution is 6.57. The summed E-state index contributed by atoms with van der Waals surface area (Å²) in [4.78, 5) is 68.7. The van der Waals surface area contributed by atoms with Gasteiger partial charge in [-0.2, -0.15) is 0 Å². The van der Waals surface area contributed by atoms with Gasteiger partial charge in [-0.05, 0) is 61.0 Å². The van der Waals surface area contributed by atoms with Crippen molar-refractivity contribution in [1.82, 2.24) is 0 Å². The molecule has 0 unspecified atom stereocenters. The maximum Gasteiger partial charge on any atom is 0.335 e. The van der Waals surface area contributed by atoms with Gasteiger partial charge in [-0.15, -0.1) is 0 Å². The molecule has 12 nitrogen and oxygen atoms in total. The summed E-state index contributed by atoms with van der Waals surface area (Å²) in [6.45, 7) is 7.71. The lowest BCUT2D eigenvalue weighted by Gasteiger charge is -2.27. The molecule has 1 aliphatic rings. The third-order valence-electron chi connectivity index (χ3n) is 5.11. The van der Waals surface area contributed by atoms with E-state index < -0.39 is 42.8 Å². The molecule has 3 rings (SSSR count). The first kappa shape index (κ1) is 25.3. The Labute approximate surface area is 203 Å². The van der Waals surface area contributed by atoms with Crippen LogP contribution in [0.1, 0.15) is 17.3 Å². The normalized spacial score (nSPS) is 14.6. The first-order chi connectivity index (χ1) is 17.0. The van der Waals surface area contributed by atoms with E-state index in [2.05, 4.69) is 9.84 Å². The Kier molecular flexibility index (Phi) is 7.25. The van der Waals surface area contributed by atoms with E-state index in [1.165, 1.54) is 55.5 Å². The molecule has 0 saturated heterocycles. The first-order valence-corrected chi connectivity index (χ1v) is 10.2. The fourth-order valence-corrected chi connectivity index (χ4v) is 3.42. The average Bonchev–Trinajstić information content (AvgIpc) is 2.82. The molecule has 0 aliphatic carbocycles. The number of aromatic carboxylic acids is 1. The van der Waals surface area contributed by atoms with E-state index in [-0.39, 0.29) is 33.9 Å². The second kappa shape index (κ2) is 10.3. The number of rotatable bonds is 8. The molecule has 2 aromatic rings. The summed E-state index contributed by atoms with van der Waals surface area (Å²) in [6.07, 6.45) is 0. The van der Waals surface area contributed by atoms with Crippen molar-refractivity contribution in [3.8, 4) is 0 Å². The minimum absolute atomic E-state index is 0.0541. The molecule has 1 heterocycles. The van der Waals surface area contributed by atoms with E-state index in [0.29, 0.717) is 5.69 Å². The average molecular weight is 490 g/mol. The number of nitrogens with zero attached hydrogens (tertiary/aromatic N) is 4. The van der Waals surface area contributed by atoms with Crippen LogP contribution in [0, 0.1) is 6.57 Å². The third-order valence-corrected chi connectivity index (χ3v) is 5.11. The minimum atomic E-state index is -1.22. The van der Waals surface area contributed by atoms with Crippen LogP contribution in [0.5, 0.6) is 0 Å². The molecule has 182 valence electrons. The van der Waals surface area contributed by atoms with E-state index in [1.807, 2.05) is 0 Å². The molecular formula is C24H18N4O8. The molecule has 1 aliphatic heterocycles. The highest BCUT2D eigenvalue weighted by Gasteiger charge is 2.38. The summed E-state index contributed by atoms with van der Waals surface area (Å²) in [7, 11) is 0. The quantitative estimate of drug-likeness (QED) is 0.371. The van der Waals surface area contributed by atoms with Gasteiger partial charge in [0, 0.05) is 5.69 Å². The summed E-state index contributed by atoms with van der Waals surface area (Å²) >= 11 is 0. The highest BCUT2D eigenvalue weighted by Crippen LogP contribution is 2.28. The van der Waals surface area contributed by atoms with Crippen molar-refractivity contribution >= 4 is 52.5 Å². The van der Waals surface area contributed by atoms with Gasteiger partial charge < -0.3 is 20.2 Å². The Morgan fingerprint density at radius 1 is 0.917 bits per heavy atom. The predicted molar refractivity (Wildman–Crippen MR) is 126 cm³/mol. The van der Waals surface area contributed by atoms with Crippen molar-refractivity contribution in [2.45, 2.75) is 6.92 Å². The number of amides is 2. The standard InChI is InChI=1S/C24H18N4O8/c1-13-20(25-2)22(33)28(17-7-3-14(4-8-17)24(35)36)23(34)21(13)26-15-5-9-16(10-6-15)27(11-18(29)30)12-19(31)32/h3-10H,11-12H2,1H3,(H,29,30)(H,31,32)(H,35,36). The molecule has 0 aromatic heterocycles. The van der Waals surface area contributed by atoms with Gasteiger partial charge in [-0.1, -0.05) is 0 Å². The summed E-state index contributed by atoms with van der Waals surface area (Å²) in [5.41, 5.74) is 0.0622. The van der Waals surface area contributed by atoms with Gasteiger partial charge >= 0.3 is 17.9 Å². The van der Waals surface area contributed by atoms with Crippen LogP contribution in [0.2, 0.25) is 0 Å². The Balaban J connectivity index is 2.00. The maximum absolute atomic E-state index is 13.2. The van der Waals surface area contributed by atoms with Crippen LogP contribution in [0.4, 0.5) is 17.1 Å². The summed E-state index contributed by atoms with van der Waals surface area (Å²) in [5, 5.41) is 27.1. The van der Waals surface area contributed by atoms with Gasteiger partial charge in [-0.3, -0.25) is 24.1 Å². The lowest BCUT2D eigenvalue weighted by Crippen LogP contribution is -2.46. The van der Waals surface area contributed by atoms with Gasteiger partial charge in [0.2, 0.25) is 0 Å². The van der Waals surface area contributed by atoms with Crippen LogP contribution in [-0.4, -0.2) is 63.8 Å². The second-order valence-electron chi connectivity index (χ2n) is 7.50. The number of anilines is 2. The monoisotopic (exact) mass is 490 g/mol. The van der Waals surface area contributed by atoms with Crippen LogP contribution in [0.3, 0.4) is 0 Å². The van der Waals surface area contributed by atoms with E-state index in [4.69, 9.17) is 21.9 Å². The van der Waals surface area contributed by atoms with Crippen molar-refractivity contribution < 1.29 is 39.3 Å². The molecule has 12 heteroatoms. The van der Waals surface area contributed by atoms with Crippen LogP contribution >= 0.6 is 0 Å². The number of imide groups is 1. The molecule has 2 amide bonds. The molecule has 0 saturated carbocycles. The Morgan fingerprint density at radius 3 is 1.94 bits per heavy atom. The zero-order chi connectivity index (χ0) is 26.6. The topological polar surface area (TPSA) is 169 Å². The number of benzene rings is 2. The van der Waals surface area contributed by atoms with Gasteiger partial charge in [0.15, 0.2) is 0 Å². The molecule has 2 aromatic carbocycles. The molecular weight excluding hydrogens is 472 g/mol. The van der Waals surface area contributed by atoms with E-state index in [0.717, 1.165) is 9.80 Å². The molecule has 36 heavy (non-hydrogen) atoms. The van der Waals surface area contributed by atoms with E-state index >= 15 is 0 Å². The van der Waals surface area contributed by atoms with Crippen molar-refractivity contribution in [2.75, 3.05) is 22.9 Å². The summed E-state index contributed by atoms with van der Waals surface area (Å²) < 4.78 is 0. The fourth-order valence-electron chi connectivity index (χ4n) is 3.42. The van der Waals surface area contributed by atoms with Crippen LogP contribution in [-0.2, 0) is 19.2 Å². The first-order valence-electron chi connectivity index (χ1n) is 10.2. The van der Waals surface area contributed by atoms with Crippen LogP contribution < -0.4 is 9.80 Å². The van der Waals surface area contributed by atoms with Gasteiger partial charge in [0.1, 0.15) is 18.8 Å². The van der Waals surface area contributed by atoms with Crippen molar-refractivity contribution in [2.24, 2.45) is 4.99 Å². The zero-order valence-corrected chi connectivity index (χ0v) is 18.7. The number of aliphatic imine (C=N–C) groups is 1. The number of carboxylic acids is 3. The van der Waals surface area contributed by atoms with Crippen molar-refractivity contribution in [3.05, 3.63) is 76.8 Å². The van der Waals surface area contributed by atoms with Crippen molar-refractivity contribution in [3.63, 3.8) is 0 Å². The smallest absolute Gasteiger partial charge is 0.335 e. The number of hydrogen-bond acceptors (Lipinski definition) is 7. The lowest BCUT2D eigenvalue weighted by atomic mass is 10.0. The van der Waals surface area contributed by atoms with E-state index in [1.54, 1.807) is 0 Å². The fraction of sp³-hybridized carbons (Fsp3) is 0.125. The number of carboxylic acid groups (broad SMARTS) is 3. The Bertz CT molecular complexity index is 1350. The molecule has 0 atom stereocenters. The van der Waals surface area contributed by atoms with Crippen LogP contribution in [0.25, 0.3) is 4.85 Å². The predicted octanol–water partition coefficient (Wildman–Crippen LogP) is 2.20. The van der Waals surface area contributed by atoms with Gasteiger partial charge in [0.05, 0.1) is 23.5 Å². The van der Waals surface area contributed by atoms with Crippen molar-refractivity contribution in [1.29, 1.82) is 0 Å². The van der Waals surface area contributed by atoms with Gasteiger partial charge in [-0.25, -0.2) is 14.6 Å². The Hall–Kier alpha value is -5.31. The zero-order valence-electron chi connectivity index (χ0n) is 18.7. The number of carbonyl (C=O) groups excluding carboxylic acids is 2. The third kappa shape index (κ3) is 5.26. The maximum atomic E-state index is 13.2. The summed E-state index contributed by atoms with van der Waals surface area (Å²) in [5.74, 6) is -5.33. The molecule has 0 fully saturated rings. The lowest BCUT2D eigenvalue weighted by molar-refractivity contribution is -0.136. The van der Waals surface area contributed by atoms with E-state index in [9.17, 15) is 24.0 Å². The minimum Gasteiger partial charge on any atom is -0.480 e. The highest BCUT2D eigenvalue weighted by atomic mass is 16.4. The molecule has 0 bridgehead atoms. The number of aliphatic carboxylic acids is 2.